The quantitative estimate of drug-likeness (QED) is 0.666. The smallest absolute Gasteiger partial charge is 0.0372 e. The minimum atomic E-state index is 0.776. The fourth-order valence-corrected chi connectivity index (χ4v) is 2.51. The summed E-state index contributed by atoms with van der Waals surface area (Å²) in [4.78, 5) is 4.41. The number of rotatable bonds is 1. The third-order valence-electron chi connectivity index (χ3n) is 3.51. The van der Waals surface area contributed by atoms with Crippen LogP contribution in [-0.2, 0) is 0 Å². The van der Waals surface area contributed by atoms with Gasteiger partial charge in [-0.05, 0) is 37.3 Å². The van der Waals surface area contributed by atoms with Crippen molar-refractivity contribution < 1.29 is 0 Å². The third-order valence-corrected chi connectivity index (χ3v) is 3.51. The molecule has 2 rings (SSSR count). The first-order valence-corrected chi connectivity index (χ1v) is 6.29. The van der Waals surface area contributed by atoms with Gasteiger partial charge in [-0.2, -0.15) is 0 Å². The molecule has 15 heavy (non-hydrogen) atoms. The highest BCUT2D eigenvalue weighted by atomic mass is 14.7. The Morgan fingerprint density at radius 2 is 1.67 bits per heavy atom. The first kappa shape index (κ1) is 10.7. The summed E-state index contributed by atoms with van der Waals surface area (Å²) in [6.07, 6.45) is 11.9. The second kappa shape index (κ2) is 5.29. The van der Waals surface area contributed by atoms with Crippen molar-refractivity contribution in [3.8, 4) is 0 Å². The van der Waals surface area contributed by atoms with Crippen molar-refractivity contribution >= 4 is 0 Å². The Balaban J connectivity index is 2.03. The summed E-state index contributed by atoms with van der Waals surface area (Å²) in [5.41, 5.74) is 2.59. The molecule has 1 heteroatoms. The third kappa shape index (κ3) is 3.05. The SMILES string of the molecule is Cc1ccc(C2CCCCCCC2)cn1. The van der Waals surface area contributed by atoms with Crippen molar-refractivity contribution in [3.05, 3.63) is 29.6 Å². The van der Waals surface area contributed by atoms with E-state index in [4.69, 9.17) is 0 Å². The van der Waals surface area contributed by atoms with Gasteiger partial charge in [-0.25, -0.2) is 0 Å². The Hall–Kier alpha value is -0.850. The molecule has 0 atom stereocenters. The number of hydrogen-bond donors (Lipinski definition) is 0. The second-order valence-electron chi connectivity index (χ2n) is 4.77. The van der Waals surface area contributed by atoms with E-state index in [0.29, 0.717) is 0 Å². The molecule has 0 aliphatic heterocycles. The summed E-state index contributed by atoms with van der Waals surface area (Å²) in [7, 11) is 0. The Kier molecular flexibility index (Phi) is 3.76. The van der Waals surface area contributed by atoms with E-state index in [1.54, 1.807) is 0 Å². The van der Waals surface area contributed by atoms with Gasteiger partial charge in [0.25, 0.3) is 0 Å². The van der Waals surface area contributed by atoms with E-state index < -0.39 is 0 Å². The van der Waals surface area contributed by atoms with Crippen molar-refractivity contribution in [1.29, 1.82) is 0 Å². The van der Waals surface area contributed by atoms with E-state index in [9.17, 15) is 0 Å². The average Bonchev–Trinajstić information content (AvgIpc) is 2.19. The van der Waals surface area contributed by atoms with Gasteiger partial charge in [0.15, 0.2) is 0 Å². The maximum atomic E-state index is 4.41. The van der Waals surface area contributed by atoms with Crippen LogP contribution in [0.5, 0.6) is 0 Å². The van der Waals surface area contributed by atoms with Crippen molar-refractivity contribution in [1.82, 2.24) is 4.98 Å². The summed E-state index contributed by atoms with van der Waals surface area (Å²) in [5, 5.41) is 0. The van der Waals surface area contributed by atoms with E-state index in [2.05, 4.69) is 30.2 Å². The molecule has 0 N–H and O–H groups in total. The van der Waals surface area contributed by atoms with Crippen LogP contribution < -0.4 is 0 Å². The van der Waals surface area contributed by atoms with Gasteiger partial charge >= 0.3 is 0 Å². The van der Waals surface area contributed by atoms with Crippen LogP contribution in [0.3, 0.4) is 0 Å². The largest absolute Gasteiger partial charge is 0.261 e. The predicted molar refractivity (Wildman–Crippen MR) is 64.0 cm³/mol. The molecular formula is C14H21N. The maximum Gasteiger partial charge on any atom is 0.0372 e. The molecule has 0 unspecified atom stereocenters. The Morgan fingerprint density at radius 3 is 2.27 bits per heavy atom. The van der Waals surface area contributed by atoms with Crippen molar-refractivity contribution in [2.24, 2.45) is 0 Å². The topological polar surface area (TPSA) is 12.9 Å². The van der Waals surface area contributed by atoms with Gasteiger partial charge in [0.1, 0.15) is 0 Å². The first-order chi connectivity index (χ1) is 7.36. The van der Waals surface area contributed by atoms with Gasteiger partial charge in [-0.15, -0.1) is 0 Å². The van der Waals surface area contributed by atoms with Crippen LogP contribution >= 0.6 is 0 Å². The van der Waals surface area contributed by atoms with Gasteiger partial charge in [0.2, 0.25) is 0 Å². The van der Waals surface area contributed by atoms with E-state index >= 15 is 0 Å². The van der Waals surface area contributed by atoms with Crippen LogP contribution in [0.1, 0.15) is 62.1 Å². The van der Waals surface area contributed by atoms with Gasteiger partial charge in [0, 0.05) is 11.9 Å². The van der Waals surface area contributed by atoms with Crippen LogP contribution in [0.25, 0.3) is 0 Å². The molecule has 0 aromatic carbocycles. The Morgan fingerprint density at radius 1 is 1.00 bits per heavy atom. The fourth-order valence-electron chi connectivity index (χ4n) is 2.51. The molecule has 1 aromatic heterocycles. The van der Waals surface area contributed by atoms with Crippen LogP contribution in [-0.4, -0.2) is 4.98 Å². The van der Waals surface area contributed by atoms with Gasteiger partial charge in [-0.1, -0.05) is 38.2 Å². The van der Waals surface area contributed by atoms with Crippen LogP contribution in [0.4, 0.5) is 0 Å². The lowest BCUT2D eigenvalue weighted by molar-refractivity contribution is 0.455. The lowest BCUT2D eigenvalue weighted by atomic mass is 9.87. The molecule has 0 bridgehead atoms. The molecule has 0 amide bonds. The lowest BCUT2D eigenvalue weighted by Crippen LogP contribution is -2.02. The summed E-state index contributed by atoms with van der Waals surface area (Å²) >= 11 is 0. The van der Waals surface area contributed by atoms with Gasteiger partial charge in [0.05, 0.1) is 0 Å². The first-order valence-electron chi connectivity index (χ1n) is 6.29. The predicted octanol–water partition coefficient (Wildman–Crippen LogP) is 4.22. The van der Waals surface area contributed by atoms with Crippen LogP contribution in [0.15, 0.2) is 18.3 Å². The highest BCUT2D eigenvalue weighted by Gasteiger charge is 2.13. The lowest BCUT2D eigenvalue weighted by Gasteiger charge is -2.19. The fraction of sp³-hybridized carbons (Fsp3) is 0.643. The zero-order chi connectivity index (χ0) is 10.5. The Bertz CT molecular complexity index is 281. The molecule has 1 aromatic rings. The Labute approximate surface area is 92.9 Å². The number of aryl methyl sites for hydroxylation is 1. The van der Waals surface area contributed by atoms with Crippen molar-refractivity contribution in [3.63, 3.8) is 0 Å². The molecule has 1 nitrogen and oxygen atoms in total. The molecule has 1 aliphatic carbocycles. The highest BCUT2D eigenvalue weighted by Crippen LogP contribution is 2.30. The monoisotopic (exact) mass is 203 g/mol. The average molecular weight is 203 g/mol. The van der Waals surface area contributed by atoms with Crippen LogP contribution in [0.2, 0.25) is 0 Å². The number of nitrogens with zero attached hydrogens (tertiary/aromatic N) is 1. The summed E-state index contributed by atoms with van der Waals surface area (Å²) in [5.74, 6) is 0.776. The zero-order valence-electron chi connectivity index (χ0n) is 9.71. The number of hydrogen-bond acceptors (Lipinski definition) is 1. The maximum absolute atomic E-state index is 4.41. The van der Waals surface area contributed by atoms with Gasteiger partial charge in [-0.3, -0.25) is 4.98 Å². The molecule has 0 radical (unpaired) electrons. The van der Waals surface area contributed by atoms with Crippen molar-refractivity contribution in [2.45, 2.75) is 57.8 Å². The summed E-state index contributed by atoms with van der Waals surface area (Å²) in [6.45, 7) is 2.06. The molecule has 1 fully saturated rings. The van der Waals surface area contributed by atoms with Gasteiger partial charge < -0.3 is 0 Å². The second-order valence-corrected chi connectivity index (χ2v) is 4.77. The molecule has 1 heterocycles. The summed E-state index contributed by atoms with van der Waals surface area (Å²) < 4.78 is 0. The molecule has 0 spiro atoms. The number of pyridine rings is 1. The van der Waals surface area contributed by atoms with Crippen LogP contribution in [0, 0.1) is 6.92 Å². The van der Waals surface area contributed by atoms with Crippen molar-refractivity contribution in [2.75, 3.05) is 0 Å². The van der Waals surface area contributed by atoms with E-state index in [1.165, 1.54) is 50.5 Å². The number of aromatic nitrogens is 1. The zero-order valence-corrected chi connectivity index (χ0v) is 9.71. The molecule has 82 valence electrons. The summed E-state index contributed by atoms with van der Waals surface area (Å²) in [6, 6.07) is 4.42. The molecule has 1 aliphatic rings. The normalized spacial score (nSPS) is 19.5. The van der Waals surface area contributed by atoms with E-state index in [1.807, 2.05) is 0 Å². The minimum Gasteiger partial charge on any atom is -0.261 e. The highest BCUT2D eigenvalue weighted by molar-refractivity contribution is 5.17. The van der Waals surface area contributed by atoms with E-state index in [0.717, 1.165) is 11.6 Å². The van der Waals surface area contributed by atoms with E-state index in [-0.39, 0.29) is 0 Å². The molecular weight excluding hydrogens is 182 g/mol. The standard InChI is InChI=1S/C14H21N/c1-12-9-10-14(11-15-12)13-7-5-3-2-4-6-8-13/h9-11,13H,2-8H2,1H3. The molecule has 1 saturated carbocycles. The molecule has 0 saturated heterocycles. The minimum absolute atomic E-state index is 0.776.